The molecule has 0 aromatic carbocycles. The minimum atomic E-state index is 0.0398. The Balaban J connectivity index is 0.934. The molecule has 4 aliphatic carbocycles. The van der Waals surface area contributed by atoms with Crippen molar-refractivity contribution in [3.63, 3.8) is 0 Å². The third-order valence-electron chi connectivity index (χ3n) is 17.2. The minimum Gasteiger partial charge on any atom is -0.379 e. The van der Waals surface area contributed by atoms with E-state index in [1.807, 2.05) is 0 Å². The van der Waals surface area contributed by atoms with E-state index in [1.54, 1.807) is 5.57 Å². The van der Waals surface area contributed by atoms with Crippen molar-refractivity contribution in [2.45, 2.75) is 227 Å². The number of nitrogens with zero attached hydrogens (tertiary/aromatic N) is 1. The third kappa shape index (κ3) is 17.2. The molecule has 64 heavy (non-hydrogen) atoms. The SMILES string of the molecule is CCCCC/C=C\C/C=C\CCCCCCCCOCC(CN1C[C@@H](C)O[C@@H](C)C1)OCCOCCO[C@H]1CC[C@@]2(C)C(=CC[C@H]3[C@@H]4CC[C@H]([C@H](C)CCCC(C)C)[C@@]4(C)CC[C@@H]32)C1. The molecular weight excluding hydrogens is 791 g/mol. The highest BCUT2D eigenvalue weighted by Crippen LogP contribution is 2.67. The van der Waals surface area contributed by atoms with Crippen LogP contribution >= 0.6 is 0 Å². The summed E-state index contributed by atoms with van der Waals surface area (Å²) >= 11 is 0. The average Bonchev–Trinajstić information content (AvgIpc) is 3.62. The Morgan fingerprint density at radius 3 is 2.20 bits per heavy atom. The second kappa shape index (κ2) is 29.1. The van der Waals surface area contributed by atoms with Crippen molar-refractivity contribution in [2.75, 3.05) is 59.3 Å². The fourth-order valence-electron chi connectivity index (χ4n) is 13.7. The molecule has 0 aromatic heterocycles. The molecule has 0 bridgehead atoms. The van der Waals surface area contributed by atoms with E-state index in [1.165, 1.54) is 128 Å². The Labute approximate surface area is 396 Å². The van der Waals surface area contributed by atoms with Crippen LogP contribution in [-0.2, 0) is 23.7 Å². The first-order valence-corrected chi connectivity index (χ1v) is 27.8. The number of fused-ring (bicyclic) bond motifs is 5. The zero-order valence-corrected chi connectivity index (χ0v) is 43.3. The van der Waals surface area contributed by atoms with Gasteiger partial charge in [0.05, 0.1) is 57.5 Å². The molecule has 4 fully saturated rings. The first-order valence-electron chi connectivity index (χ1n) is 27.8. The minimum absolute atomic E-state index is 0.0398. The molecule has 1 unspecified atom stereocenters. The highest BCUT2D eigenvalue weighted by atomic mass is 16.6. The first-order chi connectivity index (χ1) is 31.0. The summed E-state index contributed by atoms with van der Waals surface area (Å²) in [6, 6.07) is 0. The zero-order valence-electron chi connectivity index (χ0n) is 43.3. The summed E-state index contributed by atoms with van der Waals surface area (Å²) in [7, 11) is 0. The lowest BCUT2D eigenvalue weighted by Crippen LogP contribution is -2.51. The van der Waals surface area contributed by atoms with Crippen molar-refractivity contribution in [3.8, 4) is 0 Å². The van der Waals surface area contributed by atoms with E-state index < -0.39 is 0 Å². The predicted molar refractivity (Wildman–Crippen MR) is 270 cm³/mol. The van der Waals surface area contributed by atoms with E-state index in [9.17, 15) is 0 Å². The largest absolute Gasteiger partial charge is 0.379 e. The van der Waals surface area contributed by atoms with E-state index in [-0.39, 0.29) is 18.3 Å². The monoisotopic (exact) mass is 894 g/mol. The first kappa shape index (κ1) is 53.9. The molecule has 0 aromatic rings. The number of ether oxygens (including phenoxy) is 5. The van der Waals surface area contributed by atoms with Gasteiger partial charge in [0.1, 0.15) is 0 Å². The third-order valence-corrected chi connectivity index (χ3v) is 17.2. The van der Waals surface area contributed by atoms with Crippen LogP contribution in [-0.4, -0.2) is 88.6 Å². The van der Waals surface area contributed by atoms with Crippen LogP contribution in [0.4, 0.5) is 0 Å². The molecule has 1 saturated heterocycles. The number of morpholine rings is 1. The van der Waals surface area contributed by atoms with Gasteiger partial charge in [-0.05, 0) is 150 Å². The molecule has 3 saturated carbocycles. The molecule has 1 aliphatic heterocycles. The van der Waals surface area contributed by atoms with Crippen molar-refractivity contribution in [2.24, 2.45) is 46.3 Å². The molecule has 6 nitrogen and oxygen atoms in total. The van der Waals surface area contributed by atoms with Gasteiger partial charge in [-0.1, -0.05) is 135 Å². The molecule has 5 aliphatic rings. The fourth-order valence-corrected chi connectivity index (χ4v) is 13.7. The number of hydrogen-bond acceptors (Lipinski definition) is 6. The number of hydrogen-bond donors (Lipinski definition) is 0. The van der Waals surface area contributed by atoms with Crippen LogP contribution in [0.1, 0.15) is 203 Å². The highest BCUT2D eigenvalue weighted by molar-refractivity contribution is 5.25. The molecule has 1 heterocycles. The van der Waals surface area contributed by atoms with Gasteiger partial charge in [0.25, 0.3) is 0 Å². The molecule has 5 rings (SSSR count). The van der Waals surface area contributed by atoms with Crippen molar-refractivity contribution >= 4 is 0 Å². The highest BCUT2D eigenvalue weighted by Gasteiger charge is 2.59. The van der Waals surface area contributed by atoms with Gasteiger partial charge in [-0.15, -0.1) is 0 Å². The Bertz CT molecular complexity index is 1340. The maximum Gasteiger partial charge on any atom is 0.0936 e. The van der Waals surface area contributed by atoms with Crippen molar-refractivity contribution < 1.29 is 23.7 Å². The topological polar surface area (TPSA) is 49.4 Å². The average molecular weight is 894 g/mol. The van der Waals surface area contributed by atoms with Crippen molar-refractivity contribution in [1.29, 1.82) is 0 Å². The number of unbranched alkanes of at least 4 members (excludes halogenated alkanes) is 9. The smallest absolute Gasteiger partial charge is 0.0936 e. The van der Waals surface area contributed by atoms with Crippen LogP contribution < -0.4 is 0 Å². The molecule has 0 radical (unpaired) electrons. The second-order valence-electron chi connectivity index (χ2n) is 22.8. The van der Waals surface area contributed by atoms with E-state index in [0.29, 0.717) is 50.0 Å². The van der Waals surface area contributed by atoms with Gasteiger partial charge >= 0.3 is 0 Å². The van der Waals surface area contributed by atoms with E-state index >= 15 is 0 Å². The summed E-state index contributed by atoms with van der Waals surface area (Å²) in [5.74, 6) is 5.33. The Kier molecular flexibility index (Phi) is 24.5. The zero-order chi connectivity index (χ0) is 45.6. The van der Waals surface area contributed by atoms with Gasteiger partial charge in [0, 0.05) is 26.2 Å². The molecule has 11 atom stereocenters. The molecular formula is C58H103NO5. The Morgan fingerprint density at radius 2 is 1.45 bits per heavy atom. The van der Waals surface area contributed by atoms with E-state index in [0.717, 1.165) is 81.0 Å². The van der Waals surface area contributed by atoms with Gasteiger partial charge in [0.15, 0.2) is 0 Å². The van der Waals surface area contributed by atoms with Gasteiger partial charge in [-0.3, -0.25) is 4.90 Å². The summed E-state index contributed by atoms with van der Waals surface area (Å²) in [4.78, 5) is 2.49. The normalized spacial score (nSPS) is 32.0. The summed E-state index contributed by atoms with van der Waals surface area (Å²) in [5.41, 5.74) is 2.66. The maximum atomic E-state index is 6.53. The summed E-state index contributed by atoms with van der Waals surface area (Å²) in [6.07, 6.45) is 43.1. The van der Waals surface area contributed by atoms with E-state index in [4.69, 9.17) is 23.7 Å². The number of rotatable bonds is 32. The van der Waals surface area contributed by atoms with Gasteiger partial charge in [-0.2, -0.15) is 0 Å². The maximum absolute atomic E-state index is 6.53. The molecule has 0 amide bonds. The molecule has 0 spiro atoms. The summed E-state index contributed by atoms with van der Waals surface area (Å²) in [5, 5.41) is 0. The van der Waals surface area contributed by atoms with Gasteiger partial charge < -0.3 is 23.7 Å². The van der Waals surface area contributed by atoms with Crippen LogP contribution in [0.15, 0.2) is 36.0 Å². The number of allylic oxidation sites excluding steroid dienone is 5. The van der Waals surface area contributed by atoms with Crippen LogP contribution in [0.25, 0.3) is 0 Å². The van der Waals surface area contributed by atoms with Crippen LogP contribution in [0.3, 0.4) is 0 Å². The van der Waals surface area contributed by atoms with Crippen LogP contribution in [0.5, 0.6) is 0 Å². The van der Waals surface area contributed by atoms with Gasteiger partial charge in [0.2, 0.25) is 0 Å². The van der Waals surface area contributed by atoms with Crippen molar-refractivity contribution in [1.82, 2.24) is 4.90 Å². The van der Waals surface area contributed by atoms with Crippen LogP contribution in [0.2, 0.25) is 0 Å². The lowest BCUT2D eigenvalue weighted by molar-refractivity contribution is -0.0981. The lowest BCUT2D eigenvalue weighted by Gasteiger charge is -2.58. The summed E-state index contributed by atoms with van der Waals surface area (Å²) < 4.78 is 31.3. The quantitative estimate of drug-likeness (QED) is 0.0495. The summed E-state index contributed by atoms with van der Waals surface area (Å²) in [6.45, 7) is 26.1. The van der Waals surface area contributed by atoms with Crippen molar-refractivity contribution in [3.05, 3.63) is 36.0 Å². The molecule has 370 valence electrons. The lowest BCUT2D eigenvalue weighted by atomic mass is 9.47. The Hall–Kier alpha value is -1.02. The fraction of sp³-hybridized carbons (Fsp3) is 0.897. The molecule has 0 N–H and O–H groups in total. The predicted octanol–water partition coefficient (Wildman–Crippen LogP) is 14.8. The molecule has 6 heteroatoms. The van der Waals surface area contributed by atoms with E-state index in [2.05, 4.69) is 90.7 Å². The standard InChI is InChI=1S/C58H103NO5/c1-9-10-11-12-13-14-15-16-17-18-19-20-21-22-23-24-36-61-45-52(44-59-42-48(5)64-49(6)43-59)63-40-38-60-37-39-62-51-32-34-57(7)50(41-51)28-29-53-55-31-30-54(47(4)27-25-26-46(2)3)58(55,8)35-33-56(53)57/h13-14,16-17,28,46-49,51-56H,9-12,15,18-27,29-45H2,1-8H3/b14-13-,17-16-/t47-,48-,49+,51+,52?,53+,54-,55+,56+,57+,58-/m1/s1. The Morgan fingerprint density at radius 1 is 0.734 bits per heavy atom. The van der Waals surface area contributed by atoms with Gasteiger partial charge in [-0.25, -0.2) is 0 Å². The second-order valence-corrected chi connectivity index (χ2v) is 22.8. The van der Waals surface area contributed by atoms with Crippen LogP contribution in [0, 0.1) is 46.3 Å².